The quantitative estimate of drug-likeness (QED) is 0.678. The van der Waals surface area contributed by atoms with E-state index in [1.807, 2.05) is 18.2 Å². The predicted octanol–water partition coefficient (Wildman–Crippen LogP) is 5.07. The van der Waals surface area contributed by atoms with Crippen molar-refractivity contribution in [3.8, 4) is 0 Å². The van der Waals surface area contributed by atoms with Crippen LogP contribution in [0.4, 0.5) is 0 Å². The van der Waals surface area contributed by atoms with Crippen molar-refractivity contribution in [2.45, 2.75) is 43.3 Å². The van der Waals surface area contributed by atoms with Gasteiger partial charge in [-0.3, -0.25) is 4.79 Å². The molecule has 3 nitrogen and oxygen atoms in total. The van der Waals surface area contributed by atoms with Crippen molar-refractivity contribution < 1.29 is 0 Å². The number of hydrogen-bond acceptors (Lipinski definition) is 3. The summed E-state index contributed by atoms with van der Waals surface area (Å²) in [5.41, 5.74) is 2.13. The Morgan fingerprint density at radius 2 is 1.71 bits per heavy atom. The van der Waals surface area contributed by atoms with Gasteiger partial charge in [-0.15, -0.1) is 11.8 Å². The summed E-state index contributed by atoms with van der Waals surface area (Å²) in [6, 6.07) is 16.1. The number of rotatable bonds is 3. The standard InChI is InChI=1S/C20H22N2OS/c1-13(24-15-11-9-14(10-12-15)20(2,3)4)18-21-17-8-6-5-7-16(17)19(23)22-18/h5-13H,1-4H3,(H,21,22,23). The Labute approximate surface area is 146 Å². The van der Waals surface area contributed by atoms with Crippen LogP contribution in [-0.2, 0) is 5.41 Å². The number of nitrogens with zero attached hydrogens (tertiary/aromatic N) is 1. The molecule has 0 spiro atoms. The zero-order valence-electron chi connectivity index (χ0n) is 14.5. The summed E-state index contributed by atoms with van der Waals surface area (Å²) in [7, 11) is 0. The Morgan fingerprint density at radius 1 is 1.04 bits per heavy atom. The minimum absolute atomic E-state index is 0.0720. The van der Waals surface area contributed by atoms with E-state index < -0.39 is 0 Å². The molecular weight excluding hydrogens is 316 g/mol. The fourth-order valence-corrected chi connectivity index (χ4v) is 3.52. The monoisotopic (exact) mass is 338 g/mol. The van der Waals surface area contributed by atoms with E-state index in [0.29, 0.717) is 11.2 Å². The molecular formula is C20H22N2OS. The number of nitrogens with one attached hydrogen (secondary N) is 1. The van der Waals surface area contributed by atoms with Crippen LogP contribution in [0.3, 0.4) is 0 Å². The van der Waals surface area contributed by atoms with E-state index in [0.717, 1.165) is 5.52 Å². The highest BCUT2D eigenvalue weighted by Crippen LogP contribution is 2.34. The fraction of sp³-hybridized carbons (Fsp3) is 0.300. The molecule has 0 aliphatic rings. The van der Waals surface area contributed by atoms with Crippen molar-refractivity contribution in [1.82, 2.24) is 9.97 Å². The first kappa shape index (κ1) is 16.8. The highest BCUT2D eigenvalue weighted by Gasteiger charge is 2.15. The summed E-state index contributed by atoms with van der Waals surface area (Å²) < 4.78 is 0. The fourth-order valence-electron chi connectivity index (χ4n) is 2.59. The van der Waals surface area contributed by atoms with Gasteiger partial charge in [0.1, 0.15) is 5.82 Å². The minimum Gasteiger partial charge on any atom is -0.309 e. The molecule has 2 aromatic carbocycles. The second kappa shape index (κ2) is 6.44. The number of thioether (sulfide) groups is 1. The maximum absolute atomic E-state index is 12.2. The molecule has 0 bridgehead atoms. The van der Waals surface area contributed by atoms with Crippen LogP contribution in [0.2, 0.25) is 0 Å². The zero-order chi connectivity index (χ0) is 17.3. The number of aromatic nitrogens is 2. The van der Waals surface area contributed by atoms with Crippen LogP contribution in [0.5, 0.6) is 0 Å². The third kappa shape index (κ3) is 3.54. The van der Waals surface area contributed by atoms with Crippen molar-refractivity contribution in [2.24, 2.45) is 0 Å². The van der Waals surface area contributed by atoms with Gasteiger partial charge < -0.3 is 4.98 Å². The van der Waals surface area contributed by atoms with E-state index in [2.05, 4.69) is 61.9 Å². The maximum atomic E-state index is 12.2. The lowest BCUT2D eigenvalue weighted by molar-refractivity contribution is 0.590. The molecule has 1 N–H and O–H groups in total. The van der Waals surface area contributed by atoms with E-state index in [1.165, 1.54) is 10.5 Å². The second-order valence-electron chi connectivity index (χ2n) is 7.00. The van der Waals surface area contributed by atoms with Crippen molar-refractivity contribution >= 4 is 22.7 Å². The number of fused-ring (bicyclic) bond motifs is 1. The van der Waals surface area contributed by atoms with Gasteiger partial charge >= 0.3 is 0 Å². The Hall–Kier alpha value is -2.07. The molecule has 4 heteroatoms. The van der Waals surface area contributed by atoms with Gasteiger partial charge in [-0.25, -0.2) is 4.98 Å². The van der Waals surface area contributed by atoms with E-state index in [1.54, 1.807) is 17.8 Å². The van der Waals surface area contributed by atoms with Gasteiger partial charge in [-0.05, 0) is 42.2 Å². The molecule has 0 amide bonds. The average Bonchev–Trinajstić information content (AvgIpc) is 2.54. The van der Waals surface area contributed by atoms with E-state index in [9.17, 15) is 4.79 Å². The molecule has 1 unspecified atom stereocenters. The second-order valence-corrected chi connectivity index (χ2v) is 8.42. The van der Waals surface area contributed by atoms with Crippen LogP contribution in [0, 0.1) is 0 Å². The Balaban J connectivity index is 1.85. The first-order chi connectivity index (χ1) is 11.3. The first-order valence-corrected chi connectivity index (χ1v) is 8.99. The average molecular weight is 338 g/mol. The molecule has 0 saturated carbocycles. The molecule has 1 aromatic heterocycles. The number of para-hydroxylation sites is 1. The molecule has 0 radical (unpaired) electrons. The summed E-state index contributed by atoms with van der Waals surface area (Å²) >= 11 is 1.70. The lowest BCUT2D eigenvalue weighted by atomic mass is 9.87. The van der Waals surface area contributed by atoms with Crippen molar-refractivity contribution in [1.29, 1.82) is 0 Å². The number of aromatic amines is 1. The molecule has 0 aliphatic heterocycles. The van der Waals surface area contributed by atoms with Crippen LogP contribution in [-0.4, -0.2) is 9.97 Å². The third-order valence-electron chi connectivity index (χ3n) is 4.05. The van der Waals surface area contributed by atoms with Gasteiger partial charge in [0.25, 0.3) is 5.56 Å². The van der Waals surface area contributed by atoms with Crippen LogP contribution in [0.1, 0.15) is 44.3 Å². The highest BCUT2D eigenvalue weighted by molar-refractivity contribution is 7.99. The van der Waals surface area contributed by atoms with E-state index >= 15 is 0 Å². The van der Waals surface area contributed by atoms with Crippen LogP contribution in [0.25, 0.3) is 10.9 Å². The van der Waals surface area contributed by atoms with Crippen LogP contribution in [0.15, 0.2) is 58.2 Å². The number of H-pyrrole nitrogens is 1. The smallest absolute Gasteiger partial charge is 0.258 e. The predicted molar refractivity (Wildman–Crippen MR) is 102 cm³/mol. The molecule has 1 heterocycles. The van der Waals surface area contributed by atoms with Crippen molar-refractivity contribution in [3.63, 3.8) is 0 Å². The number of hydrogen-bond donors (Lipinski definition) is 1. The van der Waals surface area contributed by atoms with E-state index in [-0.39, 0.29) is 16.2 Å². The summed E-state index contributed by atoms with van der Waals surface area (Å²) in [4.78, 5) is 20.9. The first-order valence-electron chi connectivity index (χ1n) is 8.11. The SMILES string of the molecule is CC(Sc1ccc(C(C)(C)C)cc1)c1nc2ccccc2c(=O)[nH]1. The van der Waals surface area contributed by atoms with Gasteiger partial charge in [0.05, 0.1) is 16.2 Å². The summed E-state index contributed by atoms with van der Waals surface area (Å²) in [5, 5.41) is 0.704. The Morgan fingerprint density at radius 3 is 2.38 bits per heavy atom. The minimum atomic E-state index is -0.0777. The molecule has 124 valence electrons. The Kier molecular flexibility index (Phi) is 4.50. The molecule has 3 rings (SSSR count). The van der Waals surface area contributed by atoms with Crippen molar-refractivity contribution in [3.05, 3.63) is 70.3 Å². The number of benzene rings is 2. The van der Waals surface area contributed by atoms with Gasteiger partial charge in [-0.2, -0.15) is 0 Å². The van der Waals surface area contributed by atoms with Crippen LogP contribution < -0.4 is 5.56 Å². The molecule has 0 saturated heterocycles. The highest BCUT2D eigenvalue weighted by atomic mass is 32.2. The molecule has 0 fully saturated rings. The molecule has 0 aliphatic carbocycles. The van der Waals surface area contributed by atoms with Crippen LogP contribution >= 0.6 is 11.8 Å². The van der Waals surface area contributed by atoms with Gasteiger partial charge in [0, 0.05) is 4.90 Å². The van der Waals surface area contributed by atoms with Crippen molar-refractivity contribution in [2.75, 3.05) is 0 Å². The summed E-state index contributed by atoms with van der Waals surface area (Å²) in [6.07, 6.45) is 0. The van der Waals surface area contributed by atoms with Gasteiger partial charge in [-0.1, -0.05) is 45.0 Å². The molecule has 1 atom stereocenters. The molecule has 3 aromatic rings. The normalized spacial score (nSPS) is 13.2. The largest absolute Gasteiger partial charge is 0.309 e. The maximum Gasteiger partial charge on any atom is 0.258 e. The van der Waals surface area contributed by atoms with E-state index in [4.69, 9.17) is 0 Å². The molecule has 24 heavy (non-hydrogen) atoms. The lowest BCUT2D eigenvalue weighted by Crippen LogP contribution is -2.12. The van der Waals surface area contributed by atoms with Gasteiger partial charge in [0.15, 0.2) is 0 Å². The Bertz CT molecular complexity index is 907. The van der Waals surface area contributed by atoms with Gasteiger partial charge in [0.2, 0.25) is 0 Å². The lowest BCUT2D eigenvalue weighted by Gasteiger charge is -2.19. The zero-order valence-corrected chi connectivity index (χ0v) is 15.3. The topological polar surface area (TPSA) is 45.8 Å². The summed E-state index contributed by atoms with van der Waals surface area (Å²) in [6.45, 7) is 8.69. The summed E-state index contributed by atoms with van der Waals surface area (Å²) in [5.74, 6) is 0.712. The third-order valence-corrected chi connectivity index (χ3v) is 5.17.